The number of piperazine rings is 1. The number of carbonyl (C=O) groups is 1. The molecule has 1 atom stereocenters. The zero-order valence-electron chi connectivity index (χ0n) is 16.0. The minimum Gasteiger partial charge on any atom is -0.494 e. The summed E-state index contributed by atoms with van der Waals surface area (Å²) >= 11 is 0. The third kappa shape index (κ3) is 4.67. The Balaban J connectivity index is 1.70. The first kappa shape index (κ1) is 19.4. The quantitative estimate of drug-likeness (QED) is 0.775. The number of aromatic nitrogens is 2. The number of aliphatic hydroxyl groups is 1. The van der Waals surface area contributed by atoms with Crippen LogP contribution in [0.5, 0.6) is 5.75 Å². The van der Waals surface area contributed by atoms with Crippen molar-refractivity contribution in [3.8, 4) is 5.75 Å². The average molecular weight is 372 g/mol. The molecule has 0 unspecified atom stereocenters. The molecule has 1 aliphatic rings. The van der Waals surface area contributed by atoms with E-state index in [1.54, 1.807) is 6.07 Å². The Morgan fingerprint density at radius 2 is 2.19 bits per heavy atom. The van der Waals surface area contributed by atoms with Crippen LogP contribution in [0.1, 0.15) is 35.1 Å². The first-order valence-electron chi connectivity index (χ1n) is 9.49. The Bertz CT molecular complexity index is 761. The summed E-state index contributed by atoms with van der Waals surface area (Å²) in [7, 11) is 0. The molecule has 146 valence electrons. The maximum Gasteiger partial charge on any atom is 0.274 e. The van der Waals surface area contributed by atoms with E-state index >= 15 is 0 Å². The molecule has 0 saturated carbocycles. The van der Waals surface area contributed by atoms with Crippen molar-refractivity contribution in [3.63, 3.8) is 0 Å². The molecule has 0 radical (unpaired) electrons. The standard InChI is InChI=1S/C20H28N4O3/c1-3-27-19-7-5-4-6-16(19)13-23-9-10-24(14-17(23)8-11-25)20(26)18-12-15(2)21-22-18/h4-7,12,17,25H,3,8-11,13-14H2,1-2H3,(H,21,22)/t17-/m1/s1. The summed E-state index contributed by atoms with van der Waals surface area (Å²) in [5.74, 6) is 0.838. The van der Waals surface area contributed by atoms with Crippen LogP contribution >= 0.6 is 0 Å². The number of nitrogens with one attached hydrogen (secondary N) is 1. The van der Waals surface area contributed by atoms with Crippen molar-refractivity contribution < 1.29 is 14.6 Å². The Morgan fingerprint density at radius 1 is 1.37 bits per heavy atom. The van der Waals surface area contributed by atoms with Gasteiger partial charge in [-0.1, -0.05) is 18.2 Å². The fourth-order valence-electron chi connectivity index (χ4n) is 3.55. The van der Waals surface area contributed by atoms with Gasteiger partial charge in [-0.05, 0) is 32.4 Å². The zero-order chi connectivity index (χ0) is 19.2. The Labute approximate surface area is 159 Å². The minimum absolute atomic E-state index is 0.0587. The van der Waals surface area contributed by atoms with Crippen LogP contribution in [0, 0.1) is 6.92 Å². The first-order valence-corrected chi connectivity index (χ1v) is 9.49. The molecule has 0 aliphatic carbocycles. The Kier molecular flexibility index (Phi) is 6.47. The molecular weight excluding hydrogens is 344 g/mol. The van der Waals surface area contributed by atoms with Gasteiger partial charge in [0.25, 0.3) is 5.91 Å². The topological polar surface area (TPSA) is 81.7 Å². The molecule has 2 heterocycles. The van der Waals surface area contributed by atoms with Crippen molar-refractivity contribution in [2.45, 2.75) is 32.9 Å². The maximum atomic E-state index is 12.7. The van der Waals surface area contributed by atoms with E-state index in [1.165, 1.54) is 0 Å². The zero-order valence-corrected chi connectivity index (χ0v) is 16.0. The number of ether oxygens (including phenoxy) is 1. The highest BCUT2D eigenvalue weighted by molar-refractivity contribution is 5.92. The van der Waals surface area contributed by atoms with Gasteiger partial charge in [0.1, 0.15) is 11.4 Å². The number of aryl methyl sites for hydroxylation is 1. The van der Waals surface area contributed by atoms with Gasteiger partial charge in [-0.15, -0.1) is 0 Å². The summed E-state index contributed by atoms with van der Waals surface area (Å²) in [6.07, 6.45) is 0.625. The van der Waals surface area contributed by atoms with Crippen LogP contribution in [0.2, 0.25) is 0 Å². The Hall–Kier alpha value is -2.38. The normalized spacial score (nSPS) is 17.9. The van der Waals surface area contributed by atoms with E-state index in [-0.39, 0.29) is 18.6 Å². The number of nitrogens with zero attached hydrogens (tertiary/aromatic N) is 3. The number of hydrogen-bond donors (Lipinski definition) is 2. The molecule has 1 aromatic carbocycles. The molecule has 1 amide bonds. The molecule has 7 heteroatoms. The van der Waals surface area contributed by atoms with Crippen molar-refractivity contribution in [1.82, 2.24) is 20.0 Å². The molecule has 27 heavy (non-hydrogen) atoms. The fourth-order valence-corrected chi connectivity index (χ4v) is 3.55. The van der Waals surface area contributed by atoms with E-state index < -0.39 is 0 Å². The molecule has 0 spiro atoms. The number of amides is 1. The third-order valence-corrected chi connectivity index (χ3v) is 4.93. The van der Waals surface area contributed by atoms with Crippen molar-refractivity contribution in [2.75, 3.05) is 32.8 Å². The molecule has 1 aromatic heterocycles. The molecule has 2 N–H and O–H groups in total. The molecule has 0 bridgehead atoms. The van der Waals surface area contributed by atoms with Crippen LogP contribution < -0.4 is 4.74 Å². The summed E-state index contributed by atoms with van der Waals surface area (Å²) in [5.41, 5.74) is 2.45. The lowest BCUT2D eigenvalue weighted by molar-refractivity contribution is 0.0388. The van der Waals surface area contributed by atoms with Gasteiger partial charge < -0.3 is 14.7 Å². The highest BCUT2D eigenvalue weighted by Gasteiger charge is 2.30. The second-order valence-electron chi connectivity index (χ2n) is 6.86. The van der Waals surface area contributed by atoms with Crippen LogP contribution in [0.25, 0.3) is 0 Å². The maximum absolute atomic E-state index is 12.7. The predicted molar refractivity (Wildman–Crippen MR) is 103 cm³/mol. The summed E-state index contributed by atoms with van der Waals surface area (Å²) in [5, 5.41) is 16.4. The lowest BCUT2D eigenvalue weighted by atomic mass is 10.1. The van der Waals surface area contributed by atoms with Gasteiger partial charge >= 0.3 is 0 Å². The summed E-state index contributed by atoms with van der Waals surface area (Å²) < 4.78 is 5.74. The van der Waals surface area contributed by atoms with Crippen LogP contribution in [0.4, 0.5) is 0 Å². The van der Waals surface area contributed by atoms with Gasteiger partial charge in [-0.3, -0.25) is 14.8 Å². The lowest BCUT2D eigenvalue weighted by Gasteiger charge is -2.41. The average Bonchev–Trinajstić information content (AvgIpc) is 3.11. The highest BCUT2D eigenvalue weighted by Crippen LogP contribution is 2.23. The summed E-state index contributed by atoms with van der Waals surface area (Å²) in [6, 6.07) is 9.92. The molecule has 1 fully saturated rings. The number of carbonyl (C=O) groups excluding carboxylic acids is 1. The summed E-state index contributed by atoms with van der Waals surface area (Å²) in [4.78, 5) is 16.9. The molecule has 2 aromatic rings. The van der Waals surface area contributed by atoms with Crippen LogP contribution in [-0.4, -0.2) is 69.9 Å². The lowest BCUT2D eigenvalue weighted by Crippen LogP contribution is -2.54. The number of para-hydroxylation sites is 1. The van der Waals surface area contributed by atoms with Crippen LogP contribution in [-0.2, 0) is 6.54 Å². The molecule has 7 nitrogen and oxygen atoms in total. The van der Waals surface area contributed by atoms with E-state index in [0.717, 1.165) is 30.1 Å². The smallest absolute Gasteiger partial charge is 0.274 e. The highest BCUT2D eigenvalue weighted by atomic mass is 16.5. The fraction of sp³-hybridized carbons (Fsp3) is 0.500. The number of hydrogen-bond acceptors (Lipinski definition) is 5. The number of H-pyrrole nitrogens is 1. The van der Waals surface area contributed by atoms with Gasteiger partial charge in [0.05, 0.1) is 6.61 Å². The minimum atomic E-state index is -0.0587. The second kappa shape index (κ2) is 9.01. The molecule has 1 aliphatic heterocycles. The number of benzene rings is 1. The van der Waals surface area contributed by atoms with Crippen molar-refractivity contribution in [2.24, 2.45) is 0 Å². The summed E-state index contributed by atoms with van der Waals surface area (Å²) in [6.45, 7) is 7.30. The predicted octanol–water partition coefficient (Wildman–Crippen LogP) is 1.83. The number of rotatable bonds is 7. The van der Waals surface area contributed by atoms with Crippen molar-refractivity contribution >= 4 is 5.91 Å². The number of aliphatic hydroxyl groups excluding tert-OH is 1. The van der Waals surface area contributed by atoms with Gasteiger partial charge in [0.2, 0.25) is 0 Å². The first-order chi connectivity index (χ1) is 13.1. The monoisotopic (exact) mass is 372 g/mol. The van der Waals surface area contributed by atoms with Gasteiger partial charge in [0, 0.05) is 50.1 Å². The van der Waals surface area contributed by atoms with Crippen molar-refractivity contribution in [3.05, 3.63) is 47.3 Å². The number of aromatic amines is 1. The van der Waals surface area contributed by atoms with Crippen LogP contribution in [0.15, 0.2) is 30.3 Å². The molecular formula is C20H28N4O3. The van der Waals surface area contributed by atoms with Crippen molar-refractivity contribution in [1.29, 1.82) is 0 Å². The van der Waals surface area contributed by atoms with Crippen LogP contribution in [0.3, 0.4) is 0 Å². The van der Waals surface area contributed by atoms with E-state index in [1.807, 2.05) is 36.9 Å². The van der Waals surface area contributed by atoms with E-state index in [4.69, 9.17) is 4.74 Å². The van der Waals surface area contributed by atoms with Gasteiger partial charge in [0.15, 0.2) is 0 Å². The van der Waals surface area contributed by atoms with Gasteiger partial charge in [-0.25, -0.2) is 0 Å². The van der Waals surface area contributed by atoms with E-state index in [9.17, 15) is 9.90 Å². The third-order valence-electron chi connectivity index (χ3n) is 4.93. The Morgan fingerprint density at radius 3 is 2.89 bits per heavy atom. The molecule has 1 saturated heterocycles. The molecule has 3 rings (SSSR count). The van der Waals surface area contributed by atoms with Gasteiger partial charge in [-0.2, -0.15) is 5.10 Å². The largest absolute Gasteiger partial charge is 0.494 e. The second-order valence-corrected chi connectivity index (χ2v) is 6.86. The SMILES string of the molecule is CCOc1ccccc1CN1CCN(C(=O)c2cc(C)[nH]n2)C[C@H]1CCO. The van der Waals surface area contributed by atoms with E-state index in [2.05, 4.69) is 21.2 Å². The van der Waals surface area contributed by atoms with E-state index in [0.29, 0.717) is 31.8 Å².